The van der Waals surface area contributed by atoms with E-state index >= 15 is 0 Å². The molecule has 0 spiro atoms. The van der Waals surface area contributed by atoms with Crippen LogP contribution in [0.25, 0.3) is 10.9 Å². The molecule has 0 saturated heterocycles. The molecule has 0 radical (unpaired) electrons. The highest BCUT2D eigenvalue weighted by Crippen LogP contribution is 2.29. The summed E-state index contributed by atoms with van der Waals surface area (Å²) in [4.78, 5) is 5.62. The quantitative estimate of drug-likeness (QED) is 0.737. The van der Waals surface area contributed by atoms with E-state index in [9.17, 15) is 0 Å². The van der Waals surface area contributed by atoms with E-state index in [1.165, 1.54) is 4.90 Å². The molecule has 2 aromatic carbocycles. The molecule has 20 heavy (non-hydrogen) atoms. The summed E-state index contributed by atoms with van der Waals surface area (Å²) in [7, 11) is 0. The van der Waals surface area contributed by atoms with Gasteiger partial charge < -0.3 is 5.73 Å². The number of hydrogen-bond donors (Lipinski definition) is 1. The Balaban J connectivity index is 2.05. The highest BCUT2D eigenvalue weighted by Gasteiger charge is 2.13. The molecule has 0 aliphatic heterocycles. The smallest absolute Gasteiger partial charge is 0.0705 e. The highest BCUT2D eigenvalue weighted by molar-refractivity contribution is 7.98. The Morgan fingerprint density at radius 1 is 1.05 bits per heavy atom. The molecular weight excluding hydrogens is 264 g/mol. The first kappa shape index (κ1) is 13.2. The first-order valence-corrected chi connectivity index (χ1v) is 7.75. The predicted molar refractivity (Wildman–Crippen MR) is 86.0 cm³/mol. The van der Waals surface area contributed by atoms with Gasteiger partial charge in [0.2, 0.25) is 0 Å². The Morgan fingerprint density at radius 2 is 1.90 bits per heavy atom. The Bertz CT molecular complexity index is 740. The van der Waals surface area contributed by atoms with Gasteiger partial charge >= 0.3 is 0 Å². The van der Waals surface area contributed by atoms with Crippen LogP contribution in [0.4, 0.5) is 0 Å². The molecule has 1 unspecified atom stereocenters. The van der Waals surface area contributed by atoms with Crippen molar-refractivity contribution in [3.05, 3.63) is 71.9 Å². The van der Waals surface area contributed by atoms with E-state index < -0.39 is 0 Å². The van der Waals surface area contributed by atoms with E-state index in [0.717, 1.165) is 22.0 Å². The van der Waals surface area contributed by atoms with Gasteiger partial charge in [-0.1, -0.05) is 36.4 Å². The van der Waals surface area contributed by atoms with Gasteiger partial charge in [-0.3, -0.25) is 4.98 Å². The summed E-state index contributed by atoms with van der Waals surface area (Å²) in [6, 6.07) is 18.4. The van der Waals surface area contributed by atoms with Crippen molar-refractivity contribution in [2.45, 2.75) is 10.9 Å². The van der Waals surface area contributed by atoms with Gasteiger partial charge in [-0.25, -0.2) is 0 Å². The molecule has 1 aromatic heterocycles. The number of fused-ring (bicyclic) bond motifs is 1. The van der Waals surface area contributed by atoms with E-state index in [-0.39, 0.29) is 6.04 Å². The molecule has 3 rings (SSSR count). The zero-order valence-electron chi connectivity index (χ0n) is 11.3. The predicted octanol–water partition coefficient (Wildman–Crippen LogP) is 4.00. The molecule has 100 valence electrons. The molecule has 3 aromatic rings. The lowest BCUT2D eigenvalue weighted by molar-refractivity contribution is 0.849. The molecule has 0 aliphatic rings. The summed E-state index contributed by atoms with van der Waals surface area (Å²) in [6.45, 7) is 0. The van der Waals surface area contributed by atoms with Crippen molar-refractivity contribution in [3.63, 3.8) is 0 Å². The molecule has 2 N–H and O–H groups in total. The minimum absolute atomic E-state index is 0.120. The van der Waals surface area contributed by atoms with Crippen LogP contribution in [0.1, 0.15) is 17.2 Å². The van der Waals surface area contributed by atoms with E-state index in [1.54, 1.807) is 11.8 Å². The Kier molecular flexibility index (Phi) is 3.72. The van der Waals surface area contributed by atoms with Gasteiger partial charge in [-0.05, 0) is 35.6 Å². The van der Waals surface area contributed by atoms with Gasteiger partial charge in [0.1, 0.15) is 0 Å². The van der Waals surface area contributed by atoms with Gasteiger partial charge in [0.05, 0.1) is 11.6 Å². The van der Waals surface area contributed by atoms with E-state index in [4.69, 9.17) is 5.73 Å². The molecule has 2 nitrogen and oxygen atoms in total. The Morgan fingerprint density at radius 3 is 2.75 bits per heavy atom. The van der Waals surface area contributed by atoms with Gasteiger partial charge in [0, 0.05) is 16.5 Å². The molecule has 0 fully saturated rings. The molecule has 0 saturated carbocycles. The average Bonchev–Trinajstić information content (AvgIpc) is 2.53. The number of rotatable bonds is 3. The summed E-state index contributed by atoms with van der Waals surface area (Å²) in [5.74, 6) is 0. The summed E-state index contributed by atoms with van der Waals surface area (Å²) in [6.07, 6.45) is 3.89. The monoisotopic (exact) mass is 280 g/mol. The summed E-state index contributed by atoms with van der Waals surface area (Å²) in [5.41, 5.74) is 9.69. The SMILES string of the molecule is CSc1ccccc1C(N)c1ccc2cccnc2c1. The second-order valence-electron chi connectivity index (χ2n) is 4.68. The fourth-order valence-electron chi connectivity index (χ4n) is 2.38. The van der Waals surface area contributed by atoms with Crippen LogP contribution in [0.5, 0.6) is 0 Å². The van der Waals surface area contributed by atoms with Crippen molar-refractivity contribution in [1.82, 2.24) is 4.98 Å². The summed E-state index contributed by atoms with van der Waals surface area (Å²) in [5, 5.41) is 1.14. The molecule has 3 heteroatoms. The maximum absolute atomic E-state index is 6.44. The normalized spacial score (nSPS) is 12.5. The van der Waals surface area contributed by atoms with Crippen LogP contribution in [0, 0.1) is 0 Å². The molecule has 1 atom stereocenters. The summed E-state index contributed by atoms with van der Waals surface area (Å²) >= 11 is 1.73. The maximum atomic E-state index is 6.44. The number of thioether (sulfide) groups is 1. The van der Waals surface area contributed by atoms with E-state index in [0.29, 0.717) is 0 Å². The van der Waals surface area contributed by atoms with Crippen molar-refractivity contribution in [2.24, 2.45) is 5.73 Å². The van der Waals surface area contributed by atoms with Gasteiger partial charge in [-0.2, -0.15) is 0 Å². The van der Waals surface area contributed by atoms with Crippen LogP contribution < -0.4 is 5.73 Å². The second kappa shape index (κ2) is 5.65. The van der Waals surface area contributed by atoms with Crippen molar-refractivity contribution in [3.8, 4) is 0 Å². The fraction of sp³-hybridized carbons (Fsp3) is 0.118. The van der Waals surface area contributed by atoms with E-state index in [1.807, 2.05) is 24.4 Å². The zero-order valence-corrected chi connectivity index (χ0v) is 12.1. The third-order valence-electron chi connectivity index (χ3n) is 3.46. The number of hydrogen-bond acceptors (Lipinski definition) is 3. The number of aromatic nitrogens is 1. The first-order valence-electron chi connectivity index (χ1n) is 6.53. The van der Waals surface area contributed by atoms with Crippen molar-refractivity contribution < 1.29 is 0 Å². The van der Waals surface area contributed by atoms with Gasteiger partial charge in [0.15, 0.2) is 0 Å². The van der Waals surface area contributed by atoms with Gasteiger partial charge in [-0.15, -0.1) is 11.8 Å². The topological polar surface area (TPSA) is 38.9 Å². The van der Waals surface area contributed by atoms with Crippen LogP contribution >= 0.6 is 11.8 Å². The Labute approximate surface area is 123 Å². The lowest BCUT2D eigenvalue weighted by Crippen LogP contribution is -2.12. The third-order valence-corrected chi connectivity index (χ3v) is 4.27. The van der Waals surface area contributed by atoms with Crippen molar-refractivity contribution in [1.29, 1.82) is 0 Å². The molecule has 0 amide bonds. The largest absolute Gasteiger partial charge is 0.320 e. The van der Waals surface area contributed by atoms with Gasteiger partial charge in [0.25, 0.3) is 0 Å². The van der Waals surface area contributed by atoms with Crippen LogP contribution in [0.3, 0.4) is 0 Å². The lowest BCUT2D eigenvalue weighted by atomic mass is 9.98. The average molecular weight is 280 g/mol. The third kappa shape index (κ3) is 2.42. The minimum atomic E-state index is -0.120. The maximum Gasteiger partial charge on any atom is 0.0705 e. The fourth-order valence-corrected chi connectivity index (χ4v) is 3.03. The second-order valence-corrected chi connectivity index (χ2v) is 5.52. The Hall–Kier alpha value is -1.84. The number of benzene rings is 2. The number of nitrogens with two attached hydrogens (primary N) is 1. The van der Waals surface area contributed by atoms with Crippen LogP contribution in [0.2, 0.25) is 0 Å². The molecule has 0 aliphatic carbocycles. The van der Waals surface area contributed by atoms with Crippen LogP contribution in [-0.2, 0) is 0 Å². The number of pyridine rings is 1. The molecule has 0 bridgehead atoms. The first-order chi connectivity index (χ1) is 9.79. The molecule has 1 heterocycles. The molecular formula is C17H16N2S. The van der Waals surface area contributed by atoms with E-state index in [2.05, 4.69) is 47.6 Å². The van der Waals surface area contributed by atoms with Crippen molar-refractivity contribution in [2.75, 3.05) is 6.26 Å². The minimum Gasteiger partial charge on any atom is -0.320 e. The summed E-state index contributed by atoms with van der Waals surface area (Å²) < 4.78 is 0. The standard InChI is InChI=1S/C17H16N2S/c1-20-16-7-3-2-6-14(16)17(18)13-9-8-12-5-4-10-19-15(12)11-13/h2-11,17H,18H2,1H3. The van der Waals surface area contributed by atoms with Crippen molar-refractivity contribution >= 4 is 22.7 Å². The van der Waals surface area contributed by atoms with Crippen LogP contribution in [0.15, 0.2) is 65.7 Å². The zero-order chi connectivity index (χ0) is 13.9. The van der Waals surface area contributed by atoms with Crippen LogP contribution in [-0.4, -0.2) is 11.2 Å². The highest BCUT2D eigenvalue weighted by atomic mass is 32.2. The number of nitrogens with zero attached hydrogens (tertiary/aromatic N) is 1. The lowest BCUT2D eigenvalue weighted by Gasteiger charge is -2.16.